The van der Waals surface area contributed by atoms with Gasteiger partial charge in [-0.3, -0.25) is 4.79 Å². The molecule has 0 aromatic heterocycles. The number of hydrogen-bond donors (Lipinski definition) is 1. The van der Waals surface area contributed by atoms with E-state index in [1.54, 1.807) is 0 Å². The number of aliphatic carboxylic acids is 1. The molecule has 1 heterocycles. The van der Waals surface area contributed by atoms with Gasteiger partial charge in [-0.25, -0.2) is 4.79 Å². The van der Waals surface area contributed by atoms with Gasteiger partial charge in [-0.1, -0.05) is 18.6 Å². The summed E-state index contributed by atoms with van der Waals surface area (Å²) in [5.74, 6) is -1.08. The average molecular weight is 264 g/mol. The second kappa shape index (κ2) is 5.59. The standard InChI is InChI=1S/C15H20O4/c1-9-4-3-5-11(14(16)17)6-7-12-10(2)15(18)19-13(12)8-9/h5,8,10,12-13H,3-4,6-7H2,1-2H3,(H,16,17)/b9-8-,11-5?/t10-,12-,13+/m0/s1. The van der Waals surface area contributed by atoms with E-state index in [2.05, 4.69) is 0 Å². The summed E-state index contributed by atoms with van der Waals surface area (Å²) in [6, 6.07) is 0. The number of carboxylic acid groups (broad SMARTS) is 1. The van der Waals surface area contributed by atoms with E-state index in [9.17, 15) is 9.59 Å². The molecule has 0 radical (unpaired) electrons. The quantitative estimate of drug-likeness (QED) is 0.584. The van der Waals surface area contributed by atoms with E-state index in [0.29, 0.717) is 18.4 Å². The minimum absolute atomic E-state index is 0.0864. The van der Waals surface area contributed by atoms with Crippen molar-refractivity contribution in [3.63, 3.8) is 0 Å². The maximum absolute atomic E-state index is 11.7. The molecule has 2 aliphatic rings. The summed E-state index contributed by atoms with van der Waals surface area (Å²) in [7, 11) is 0. The summed E-state index contributed by atoms with van der Waals surface area (Å²) in [6.07, 6.45) is 6.38. The summed E-state index contributed by atoms with van der Waals surface area (Å²) >= 11 is 0. The maximum atomic E-state index is 11.7. The molecule has 0 spiro atoms. The molecule has 0 aromatic rings. The van der Waals surface area contributed by atoms with Crippen molar-refractivity contribution in [2.45, 2.75) is 45.6 Å². The Morgan fingerprint density at radius 3 is 2.84 bits per heavy atom. The lowest BCUT2D eigenvalue weighted by atomic mass is 9.84. The minimum Gasteiger partial charge on any atom is -0.478 e. The van der Waals surface area contributed by atoms with E-state index in [1.165, 1.54) is 0 Å². The van der Waals surface area contributed by atoms with Gasteiger partial charge in [-0.2, -0.15) is 0 Å². The summed E-state index contributed by atoms with van der Waals surface area (Å²) in [4.78, 5) is 22.8. The Morgan fingerprint density at radius 2 is 2.16 bits per heavy atom. The van der Waals surface area contributed by atoms with Crippen LogP contribution in [0, 0.1) is 11.8 Å². The smallest absolute Gasteiger partial charge is 0.331 e. The van der Waals surface area contributed by atoms with Gasteiger partial charge >= 0.3 is 11.9 Å². The van der Waals surface area contributed by atoms with Crippen molar-refractivity contribution in [3.05, 3.63) is 23.3 Å². The second-order valence-electron chi connectivity index (χ2n) is 5.48. The first kappa shape index (κ1) is 13.8. The van der Waals surface area contributed by atoms with Gasteiger partial charge in [0, 0.05) is 11.5 Å². The van der Waals surface area contributed by atoms with Crippen molar-refractivity contribution in [1.82, 2.24) is 0 Å². The van der Waals surface area contributed by atoms with E-state index >= 15 is 0 Å². The number of hydrogen-bond acceptors (Lipinski definition) is 3. The van der Waals surface area contributed by atoms with Gasteiger partial charge in [0.05, 0.1) is 5.92 Å². The van der Waals surface area contributed by atoms with Crippen LogP contribution in [0.1, 0.15) is 39.5 Å². The number of allylic oxidation sites excluding steroid dienone is 2. The van der Waals surface area contributed by atoms with Crippen LogP contribution in [-0.2, 0) is 14.3 Å². The number of ether oxygens (including phenoxy) is 1. The molecule has 1 aliphatic carbocycles. The molecule has 1 N–H and O–H groups in total. The fourth-order valence-corrected chi connectivity index (χ4v) is 2.82. The third-order valence-corrected chi connectivity index (χ3v) is 4.09. The average Bonchev–Trinajstić information content (AvgIpc) is 2.60. The third-order valence-electron chi connectivity index (χ3n) is 4.09. The topological polar surface area (TPSA) is 63.6 Å². The van der Waals surface area contributed by atoms with Crippen LogP contribution in [0.15, 0.2) is 23.3 Å². The Balaban J connectivity index is 2.23. The zero-order chi connectivity index (χ0) is 14.0. The van der Waals surface area contributed by atoms with Crippen molar-refractivity contribution in [2.24, 2.45) is 11.8 Å². The Kier molecular flexibility index (Phi) is 4.08. The second-order valence-corrected chi connectivity index (χ2v) is 5.48. The van der Waals surface area contributed by atoms with E-state index < -0.39 is 5.97 Å². The van der Waals surface area contributed by atoms with Crippen molar-refractivity contribution in [1.29, 1.82) is 0 Å². The SMILES string of the molecule is C/C1=C/[C@H]2OC(=O)[C@@H](C)[C@@H]2CCC(C(=O)O)=CCC1. The summed E-state index contributed by atoms with van der Waals surface area (Å²) < 4.78 is 5.39. The molecule has 1 fully saturated rings. The molecule has 19 heavy (non-hydrogen) atoms. The van der Waals surface area contributed by atoms with E-state index in [0.717, 1.165) is 18.4 Å². The first-order chi connectivity index (χ1) is 8.99. The molecular formula is C15H20O4. The van der Waals surface area contributed by atoms with Gasteiger partial charge in [0.1, 0.15) is 6.10 Å². The molecule has 4 heteroatoms. The highest BCUT2D eigenvalue weighted by molar-refractivity contribution is 5.86. The van der Waals surface area contributed by atoms with Crippen LogP contribution in [0.2, 0.25) is 0 Å². The molecule has 104 valence electrons. The molecule has 4 nitrogen and oxygen atoms in total. The number of rotatable bonds is 1. The molecule has 0 amide bonds. The summed E-state index contributed by atoms with van der Waals surface area (Å²) in [6.45, 7) is 3.87. The predicted molar refractivity (Wildman–Crippen MR) is 70.5 cm³/mol. The van der Waals surface area contributed by atoms with Gasteiger partial charge in [0.15, 0.2) is 0 Å². The van der Waals surface area contributed by atoms with Crippen LogP contribution in [0.3, 0.4) is 0 Å². The molecule has 0 unspecified atom stereocenters. The number of esters is 1. The largest absolute Gasteiger partial charge is 0.478 e. The van der Waals surface area contributed by atoms with Crippen LogP contribution in [0.4, 0.5) is 0 Å². The first-order valence-electron chi connectivity index (χ1n) is 6.79. The zero-order valence-electron chi connectivity index (χ0n) is 11.4. The van der Waals surface area contributed by atoms with Crippen LogP contribution in [-0.4, -0.2) is 23.1 Å². The Bertz CT molecular complexity index is 447. The summed E-state index contributed by atoms with van der Waals surface area (Å²) in [5.41, 5.74) is 1.61. The molecule has 0 saturated carbocycles. The van der Waals surface area contributed by atoms with Crippen LogP contribution in [0.25, 0.3) is 0 Å². The fraction of sp³-hybridized carbons (Fsp3) is 0.600. The molecule has 1 saturated heterocycles. The highest BCUT2D eigenvalue weighted by Crippen LogP contribution is 2.35. The number of carbonyl (C=O) groups is 2. The Labute approximate surface area is 113 Å². The lowest BCUT2D eigenvalue weighted by molar-refractivity contribution is -0.142. The Morgan fingerprint density at radius 1 is 1.42 bits per heavy atom. The summed E-state index contributed by atoms with van der Waals surface area (Å²) in [5, 5.41) is 9.16. The predicted octanol–water partition coefficient (Wildman–Crippen LogP) is 2.70. The number of carbonyl (C=O) groups excluding carboxylic acids is 1. The first-order valence-corrected chi connectivity index (χ1v) is 6.79. The lowest BCUT2D eigenvalue weighted by Crippen LogP contribution is -2.19. The molecule has 0 bridgehead atoms. The molecular weight excluding hydrogens is 244 g/mol. The lowest BCUT2D eigenvalue weighted by Gasteiger charge is -2.19. The van der Waals surface area contributed by atoms with Gasteiger partial charge < -0.3 is 9.84 Å². The monoisotopic (exact) mass is 264 g/mol. The van der Waals surface area contributed by atoms with E-state index in [1.807, 2.05) is 26.0 Å². The van der Waals surface area contributed by atoms with Gasteiger partial charge in [-0.05, 0) is 38.7 Å². The Hall–Kier alpha value is -1.58. The van der Waals surface area contributed by atoms with Crippen LogP contribution in [0.5, 0.6) is 0 Å². The normalized spacial score (nSPS) is 34.6. The van der Waals surface area contributed by atoms with Crippen molar-refractivity contribution < 1.29 is 19.4 Å². The number of fused-ring (bicyclic) bond motifs is 1. The molecule has 2 rings (SSSR count). The molecule has 1 aliphatic heterocycles. The van der Waals surface area contributed by atoms with Crippen molar-refractivity contribution >= 4 is 11.9 Å². The molecule has 3 atom stereocenters. The van der Waals surface area contributed by atoms with Crippen molar-refractivity contribution in [2.75, 3.05) is 0 Å². The van der Waals surface area contributed by atoms with Gasteiger partial charge in [0.25, 0.3) is 0 Å². The van der Waals surface area contributed by atoms with E-state index in [4.69, 9.17) is 9.84 Å². The van der Waals surface area contributed by atoms with Gasteiger partial charge in [0.2, 0.25) is 0 Å². The fourth-order valence-electron chi connectivity index (χ4n) is 2.82. The van der Waals surface area contributed by atoms with Crippen LogP contribution < -0.4 is 0 Å². The van der Waals surface area contributed by atoms with E-state index in [-0.39, 0.29) is 23.9 Å². The highest BCUT2D eigenvalue weighted by atomic mass is 16.6. The number of carboxylic acids is 1. The van der Waals surface area contributed by atoms with Crippen molar-refractivity contribution in [3.8, 4) is 0 Å². The molecule has 0 aromatic carbocycles. The maximum Gasteiger partial charge on any atom is 0.331 e. The van der Waals surface area contributed by atoms with Gasteiger partial charge in [-0.15, -0.1) is 0 Å². The van der Waals surface area contributed by atoms with Crippen LogP contribution >= 0.6 is 0 Å². The zero-order valence-corrected chi connectivity index (χ0v) is 11.4. The highest BCUT2D eigenvalue weighted by Gasteiger charge is 2.40. The minimum atomic E-state index is -0.850. The third kappa shape index (κ3) is 3.06.